The van der Waals surface area contributed by atoms with E-state index in [-0.39, 0.29) is 0 Å². The quantitative estimate of drug-likeness (QED) is 0.337. The molecule has 0 amide bonds. The van der Waals surface area contributed by atoms with Crippen LogP contribution in [0, 0.1) is 0 Å². The Morgan fingerprint density at radius 3 is 2.20 bits per heavy atom. The number of aromatic nitrogens is 3. The third-order valence-electron chi connectivity index (χ3n) is 5.92. The van der Waals surface area contributed by atoms with E-state index in [1.165, 1.54) is 10.8 Å². The van der Waals surface area contributed by atoms with Gasteiger partial charge in [-0.2, -0.15) is 0 Å². The van der Waals surface area contributed by atoms with Crippen LogP contribution in [0.5, 0.6) is 0 Å². The highest BCUT2D eigenvalue weighted by Crippen LogP contribution is 2.44. The number of benzene rings is 4. The van der Waals surface area contributed by atoms with Crippen LogP contribution < -0.4 is 0 Å². The van der Waals surface area contributed by atoms with E-state index in [9.17, 15) is 0 Å². The minimum absolute atomic E-state index is 0.668. The van der Waals surface area contributed by atoms with Crippen molar-refractivity contribution in [1.29, 1.82) is 0 Å². The van der Waals surface area contributed by atoms with E-state index in [1.54, 1.807) is 12.4 Å². The fourth-order valence-electron chi connectivity index (χ4n) is 4.67. The Labute approximate surface area is 170 Å². The molecule has 3 aromatic heterocycles. The molecular weight excluding hydrogens is 370 g/mol. The molecule has 0 aliphatic carbocycles. The lowest BCUT2D eigenvalue weighted by Gasteiger charge is -2.02. The van der Waals surface area contributed by atoms with Gasteiger partial charge in [0.1, 0.15) is 11.2 Å². The minimum Gasteiger partial charge on any atom is -0.455 e. The second kappa shape index (κ2) is 5.67. The predicted octanol–water partition coefficient (Wildman–Crippen LogP) is 6.83. The third-order valence-corrected chi connectivity index (χ3v) is 5.92. The zero-order valence-corrected chi connectivity index (χ0v) is 15.9. The molecule has 0 saturated heterocycles. The third kappa shape index (κ3) is 1.95. The number of rotatable bonds is 1. The molecule has 1 N–H and O–H groups in total. The first-order chi connectivity index (χ1) is 14.9. The van der Waals surface area contributed by atoms with Gasteiger partial charge in [-0.1, -0.05) is 54.6 Å². The molecule has 4 aromatic carbocycles. The number of fused-ring (bicyclic) bond motifs is 10. The molecule has 0 spiro atoms. The number of nitrogens with one attached hydrogen (secondary N) is 1. The highest BCUT2D eigenvalue weighted by Gasteiger charge is 2.21. The molecule has 0 radical (unpaired) electrons. The van der Waals surface area contributed by atoms with Crippen LogP contribution >= 0.6 is 0 Å². The van der Waals surface area contributed by atoms with Gasteiger partial charge in [-0.05, 0) is 18.2 Å². The van der Waals surface area contributed by atoms with Gasteiger partial charge in [-0.15, -0.1) is 0 Å². The molecule has 0 fully saturated rings. The molecule has 0 aliphatic heterocycles. The molecule has 3 heterocycles. The summed E-state index contributed by atoms with van der Waals surface area (Å²) in [5.74, 6) is 0.668. The van der Waals surface area contributed by atoms with Gasteiger partial charge in [0, 0.05) is 50.2 Å². The Hall–Kier alpha value is -4.18. The van der Waals surface area contributed by atoms with Crippen molar-refractivity contribution >= 4 is 54.5 Å². The normalized spacial score (nSPS) is 12.0. The van der Waals surface area contributed by atoms with Crippen LogP contribution in [-0.4, -0.2) is 15.0 Å². The van der Waals surface area contributed by atoms with Gasteiger partial charge in [0.2, 0.25) is 0 Å². The lowest BCUT2D eigenvalue weighted by atomic mass is 9.99. The molecule has 30 heavy (non-hydrogen) atoms. The lowest BCUT2D eigenvalue weighted by Crippen LogP contribution is -1.86. The van der Waals surface area contributed by atoms with Crippen molar-refractivity contribution in [3.8, 4) is 11.4 Å². The first kappa shape index (κ1) is 15.7. The monoisotopic (exact) mass is 385 g/mol. The molecular formula is C26H15N3O. The average molecular weight is 385 g/mol. The topological polar surface area (TPSA) is 54.7 Å². The second-order valence-corrected chi connectivity index (χ2v) is 7.53. The Balaban J connectivity index is 1.79. The van der Waals surface area contributed by atoms with E-state index in [0.717, 1.165) is 49.3 Å². The first-order valence-electron chi connectivity index (χ1n) is 9.94. The van der Waals surface area contributed by atoms with E-state index in [0.29, 0.717) is 5.82 Å². The number of aromatic amines is 1. The number of furan rings is 1. The maximum absolute atomic E-state index is 6.58. The number of para-hydroxylation sites is 2. The fourth-order valence-corrected chi connectivity index (χ4v) is 4.67. The van der Waals surface area contributed by atoms with Crippen LogP contribution in [0.2, 0.25) is 0 Å². The summed E-state index contributed by atoms with van der Waals surface area (Å²) in [6.45, 7) is 0. The largest absolute Gasteiger partial charge is 0.455 e. The summed E-state index contributed by atoms with van der Waals surface area (Å²) in [7, 11) is 0. The van der Waals surface area contributed by atoms with Crippen molar-refractivity contribution in [2.45, 2.75) is 0 Å². The van der Waals surface area contributed by atoms with Crippen molar-refractivity contribution in [3.05, 3.63) is 85.2 Å². The molecule has 0 unspecified atom stereocenters. The molecule has 4 heteroatoms. The van der Waals surface area contributed by atoms with Crippen LogP contribution in [0.25, 0.3) is 65.9 Å². The summed E-state index contributed by atoms with van der Waals surface area (Å²) < 4.78 is 6.58. The number of hydrogen-bond acceptors (Lipinski definition) is 3. The standard InChI is InChI=1S/C26H15N3O/c1-2-8-16-15(7-1)23-21(17-9-3-4-12-20(17)29-23)22-18-10-5-11-19(24(18)30-25(16)22)26-27-13-6-14-28-26/h1-14,29H. The van der Waals surface area contributed by atoms with E-state index in [4.69, 9.17) is 4.42 Å². The molecule has 0 atom stereocenters. The van der Waals surface area contributed by atoms with Crippen molar-refractivity contribution in [3.63, 3.8) is 0 Å². The maximum atomic E-state index is 6.58. The Morgan fingerprint density at radius 2 is 1.33 bits per heavy atom. The smallest absolute Gasteiger partial charge is 0.162 e. The van der Waals surface area contributed by atoms with Gasteiger partial charge in [0.15, 0.2) is 5.82 Å². The number of nitrogens with zero attached hydrogens (tertiary/aromatic N) is 2. The average Bonchev–Trinajstić information content (AvgIpc) is 3.38. The van der Waals surface area contributed by atoms with Crippen molar-refractivity contribution in [2.24, 2.45) is 0 Å². The van der Waals surface area contributed by atoms with Crippen molar-refractivity contribution < 1.29 is 4.42 Å². The maximum Gasteiger partial charge on any atom is 0.162 e. The summed E-state index contributed by atoms with van der Waals surface area (Å²) >= 11 is 0. The summed E-state index contributed by atoms with van der Waals surface area (Å²) in [5.41, 5.74) is 4.90. The fraction of sp³-hybridized carbons (Fsp3) is 0. The van der Waals surface area contributed by atoms with E-state index in [2.05, 4.69) is 75.6 Å². The molecule has 0 aliphatic rings. The first-order valence-corrected chi connectivity index (χ1v) is 9.94. The van der Waals surface area contributed by atoms with E-state index in [1.807, 2.05) is 12.1 Å². The van der Waals surface area contributed by atoms with Gasteiger partial charge in [-0.25, -0.2) is 9.97 Å². The Kier molecular flexibility index (Phi) is 2.97. The van der Waals surface area contributed by atoms with Crippen LogP contribution in [0.4, 0.5) is 0 Å². The highest BCUT2D eigenvalue weighted by molar-refractivity contribution is 6.35. The van der Waals surface area contributed by atoms with Gasteiger partial charge in [-0.3, -0.25) is 0 Å². The van der Waals surface area contributed by atoms with Crippen LogP contribution in [0.3, 0.4) is 0 Å². The van der Waals surface area contributed by atoms with Gasteiger partial charge < -0.3 is 9.40 Å². The van der Waals surface area contributed by atoms with Crippen molar-refractivity contribution in [1.82, 2.24) is 15.0 Å². The van der Waals surface area contributed by atoms with Crippen LogP contribution in [-0.2, 0) is 0 Å². The van der Waals surface area contributed by atoms with Crippen LogP contribution in [0.1, 0.15) is 0 Å². The predicted molar refractivity (Wildman–Crippen MR) is 122 cm³/mol. The van der Waals surface area contributed by atoms with Gasteiger partial charge >= 0.3 is 0 Å². The molecule has 4 nitrogen and oxygen atoms in total. The molecule has 0 saturated carbocycles. The summed E-state index contributed by atoms with van der Waals surface area (Å²) in [6.07, 6.45) is 3.52. The minimum atomic E-state index is 0.668. The summed E-state index contributed by atoms with van der Waals surface area (Å²) in [4.78, 5) is 12.6. The van der Waals surface area contributed by atoms with E-state index < -0.39 is 0 Å². The summed E-state index contributed by atoms with van der Waals surface area (Å²) in [6, 6.07) is 24.9. The number of hydrogen-bond donors (Lipinski definition) is 1. The highest BCUT2D eigenvalue weighted by atomic mass is 16.3. The van der Waals surface area contributed by atoms with E-state index >= 15 is 0 Å². The molecule has 7 rings (SSSR count). The Morgan fingerprint density at radius 1 is 0.600 bits per heavy atom. The Bertz CT molecular complexity index is 1740. The lowest BCUT2D eigenvalue weighted by molar-refractivity contribution is 0.673. The molecule has 140 valence electrons. The summed E-state index contributed by atoms with van der Waals surface area (Å²) in [5, 5.41) is 6.87. The number of H-pyrrole nitrogens is 1. The zero-order chi connectivity index (χ0) is 19.7. The molecule has 0 bridgehead atoms. The van der Waals surface area contributed by atoms with Gasteiger partial charge in [0.05, 0.1) is 11.1 Å². The van der Waals surface area contributed by atoms with Gasteiger partial charge in [0.25, 0.3) is 0 Å². The van der Waals surface area contributed by atoms with Crippen LogP contribution in [0.15, 0.2) is 89.6 Å². The molecule has 7 aromatic rings. The second-order valence-electron chi connectivity index (χ2n) is 7.53. The zero-order valence-electron chi connectivity index (χ0n) is 15.9. The SMILES string of the molecule is c1cnc(-c2cccc3c2oc2c4ccccc4c4[nH]c5ccccc5c4c32)nc1. The van der Waals surface area contributed by atoms with Crippen molar-refractivity contribution in [2.75, 3.05) is 0 Å².